The number of amides is 1. The first-order valence-electron chi connectivity index (χ1n) is 9.43. The number of carbonyl (C=O) groups excluding carboxylic acids is 2. The topological polar surface area (TPSA) is 102 Å². The summed E-state index contributed by atoms with van der Waals surface area (Å²) in [4.78, 5) is 25.0. The van der Waals surface area contributed by atoms with Crippen molar-refractivity contribution >= 4 is 60.5 Å². The summed E-state index contributed by atoms with van der Waals surface area (Å²) < 4.78 is 71.3. The van der Waals surface area contributed by atoms with Gasteiger partial charge in [-0.3, -0.25) is 9.52 Å². The molecule has 180 valence electrons. The molecule has 7 nitrogen and oxygen atoms in total. The van der Waals surface area contributed by atoms with Crippen LogP contribution >= 0.6 is 27.3 Å². The Labute approximate surface area is 205 Å². The summed E-state index contributed by atoms with van der Waals surface area (Å²) in [5, 5.41) is 2.36. The molecule has 2 aromatic carbocycles. The minimum atomic E-state index is -4.51. The van der Waals surface area contributed by atoms with Crippen molar-refractivity contribution in [1.29, 1.82) is 0 Å². The van der Waals surface area contributed by atoms with Gasteiger partial charge in [0.1, 0.15) is 4.21 Å². The lowest BCUT2D eigenvalue weighted by Crippen LogP contribution is -2.30. The van der Waals surface area contributed by atoms with Gasteiger partial charge in [0.05, 0.1) is 20.6 Å². The van der Waals surface area contributed by atoms with Crippen LogP contribution in [0.15, 0.2) is 68.7 Å². The van der Waals surface area contributed by atoms with Crippen molar-refractivity contribution in [2.75, 3.05) is 10.0 Å². The maximum Gasteiger partial charge on any atom is 0.416 e. The maximum absolute atomic E-state index is 12.7. The number of alkyl halides is 3. The smallest absolute Gasteiger partial charge is 0.416 e. The van der Waals surface area contributed by atoms with Crippen molar-refractivity contribution in [3.05, 3.63) is 75.6 Å². The van der Waals surface area contributed by atoms with Crippen molar-refractivity contribution in [2.24, 2.45) is 0 Å². The number of para-hydroxylation sites is 1. The molecule has 0 bridgehead atoms. The number of carbonyl (C=O) groups is 2. The Morgan fingerprint density at radius 3 is 2.26 bits per heavy atom. The molecule has 1 atom stereocenters. The molecular formula is C21H16BrF3N2O5S2. The molecule has 0 fully saturated rings. The Hall–Kier alpha value is -2.90. The molecule has 13 heteroatoms. The SMILES string of the molecule is C[C@H](OC(=O)c1ccccc1NS(=O)(=O)c1ccc(Br)s1)C(=O)Nc1ccc(C(F)(F)F)cc1. The molecule has 0 aliphatic rings. The number of hydrogen-bond donors (Lipinski definition) is 2. The van der Waals surface area contributed by atoms with Crippen LogP contribution in [0.4, 0.5) is 24.5 Å². The molecule has 0 aliphatic heterocycles. The average Bonchev–Trinajstić information content (AvgIpc) is 3.21. The highest BCUT2D eigenvalue weighted by Gasteiger charge is 2.30. The average molecular weight is 577 g/mol. The Kier molecular flexibility index (Phi) is 7.68. The van der Waals surface area contributed by atoms with Gasteiger partial charge >= 0.3 is 12.1 Å². The number of rotatable bonds is 7. The fraction of sp³-hybridized carbons (Fsp3) is 0.143. The van der Waals surface area contributed by atoms with Crippen molar-refractivity contribution < 1.29 is 35.9 Å². The molecule has 3 rings (SSSR count). The van der Waals surface area contributed by atoms with E-state index in [0.717, 1.165) is 35.6 Å². The van der Waals surface area contributed by atoms with E-state index in [4.69, 9.17) is 4.74 Å². The number of thiophene rings is 1. The molecule has 0 unspecified atom stereocenters. The van der Waals surface area contributed by atoms with E-state index in [2.05, 4.69) is 26.0 Å². The number of benzene rings is 2. The number of sulfonamides is 1. The second-order valence-electron chi connectivity index (χ2n) is 6.82. The normalized spacial score (nSPS) is 12.6. The molecule has 3 aromatic rings. The van der Waals surface area contributed by atoms with Crippen LogP contribution in [0.3, 0.4) is 0 Å². The third kappa shape index (κ3) is 6.36. The summed E-state index contributed by atoms with van der Waals surface area (Å²) in [6, 6.07) is 12.4. The second-order valence-corrected chi connectivity index (χ2v) is 11.2. The Bertz CT molecular complexity index is 1310. The highest BCUT2D eigenvalue weighted by atomic mass is 79.9. The van der Waals surface area contributed by atoms with Gasteiger partial charge in [-0.05, 0) is 71.4 Å². The second kappa shape index (κ2) is 10.2. The Balaban J connectivity index is 1.69. The van der Waals surface area contributed by atoms with Crippen molar-refractivity contribution in [3.8, 4) is 0 Å². The molecule has 0 saturated heterocycles. The van der Waals surface area contributed by atoms with E-state index < -0.39 is 39.7 Å². The predicted octanol–water partition coefficient (Wildman–Crippen LogP) is 5.51. The van der Waals surface area contributed by atoms with Crippen LogP contribution in [0, 0.1) is 0 Å². The minimum absolute atomic E-state index is 0.0202. The zero-order chi connectivity index (χ0) is 25.1. The first-order chi connectivity index (χ1) is 15.9. The summed E-state index contributed by atoms with van der Waals surface area (Å²) in [6.07, 6.45) is -5.84. The van der Waals surface area contributed by atoms with Crippen molar-refractivity contribution in [3.63, 3.8) is 0 Å². The highest BCUT2D eigenvalue weighted by molar-refractivity contribution is 9.11. The zero-order valence-electron chi connectivity index (χ0n) is 17.2. The first-order valence-corrected chi connectivity index (χ1v) is 12.5. The molecule has 1 heterocycles. The largest absolute Gasteiger partial charge is 0.449 e. The summed E-state index contributed by atoms with van der Waals surface area (Å²) in [5.41, 5.74) is -0.974. The molecule has 2 N–H and O–H groups in total. The summed E-state index contributed by atoms with van der Waals surface area (Å²) in [7, 11) is -3.98. The number of esters is 1. The van der Waals surface area contributed by atoms with E-state index in [1.165, 1.54) is 37.3 Å². The monoisotopic (exact) mass is 576 g/mol. The van der Waals surface area contributed by atoms with Gasteiger partial charge in [0.25, 0.3) is 15.9 Å². The first kappa shape index (κ1) is 25.7. The van der Waals surface area contributed by atoms with Crippen LogP contribution in [0.1, 0.15) is 22.8 Å². The van der Waals surface area contributed by atoms with Crippen molar-refractivity contribution in [2.45, 2.75) is 23.4 Å². The molecule has 0 aliphatic carbocycles. The Morgan fingerprint density at radius 1 is 1.03 bits per heavy atom. The van der Waals surface area contributed by atoms with Crippen LogP contribution < -0.4 is 10.0 Å². The van der Waals surface area contributed by atoms with Crippen molar-refractivity contribution in [1.82, 2.24) is 0 Å². The van der Waals surface area contributed by atoms with Gasteiger partial charge in [0, 0.05) is 5.69 Å². The number of ether oxygens (including phenoxy) is 1. The minimum Gasteiger partial charge on any atom is -0.449 e. The van der Waals surface area contributed by atoms with Crippen LogP contribution in [0.25, 0.3) is 0 Å². The number of hydrogen-bond acceptors (Lipinski definition) is 6. The van der Waals surface area contributed by atoms with Gasteiger partial charge < -0.3 is 10.1 Å². The van der Waals surface area contributed by atoms with Crippen LogP contribution in [-0.4, -0.2) is 26.4 Å². The Morgan fingerprint density at radius 2 is 1.68 bits per heavy atom. The van der Waals surface area contributed by atoms with Gasteiger partial charge in [-0.15, -0.1) is 11.3 Å². The lowest BCUT2D eigenvalue weighted by atomic mass is 10.2. The maximum atomic E-state index is 12.7. The van der Waals surface area contributed by atoms with E-state index >= 15 is 0 Å². The molecule has 0 radical (unpaired) electrons. The van der Waals surface area contributed by atoms with Gasteiger partial charge in [0.2, 0.25) is 0 Å². The molecule has 0 spiro atoms. The van der Waals surface area contributed by atoms with E-state index in [0.29, 0.717) is 3.79 Å². The van der Waals surface area contributed by atoms with Gasteiger partial charge in [0.15, 0.2) is 6.10 Å². The predicted molar refractivity (Wildman–Crippen MR) is 124 cm³/mol. The van der Waals surface area contributed by atoms with Crippen LogP contribution in [0.5, 0.6) is 0 Å². The summed E-state index contributed by atoms with van der Waals surface area (Å²) in [6.45, 7) is 1.27. The lowest BCUT2D eigenvalue weighted by Gasteiger charge is -2.16. The van der Waals surface area contributed by atoms with E-state index in [1.807, 2.05) is 0 Å². The lowest BCUT2D eigenvalue weighted by molar-refractivity contribution is -0.137. The van der Waals surface area contributed by atoms with E-state index in [9.17, 15) is 31.2 Å². The standard InChI is InChI=1S/C21H16BrF3N2O5S2/c1-12(19(28)26-14-8-6-13(7-9-14)21(23,24)25)32-20(29)15-4-2-3-5-16(15)27-34(30,31)18-11-10-17(22)33-18/h2-12,27H,1H3,(H,26,28)/t12-/m0/s1. The number of anilines is 2. The summed E-state index contributed by atoms with van der Waals surface area (Å²) >= 11 is 4.17. The summed E-state index contributed by atoms with van der Waals surface area (Å²) in [5.74, 6) is -1.75. The van der Waals surface area contributed by atoms with Gasteiger partial charge in [-0.1, -0.05) is 12.1 Å². The molecule has 0 saturated carbocycles. The quantitative estimate of drug-likeness (QED) is 0.361. The number of halogens is 4. The fourth-order valence-corrected chi connectivity index (χ4v) is 5.74. The van der Waals surface area contributed by atoms with Crippen LogP contribution in [0.2, 0.25) is 0 Å². The van der Waals surface area contributed by atoms with Gasteiger partial charge in [-0.25, -0.2) is 13.2 Å². The molecular weight excluding hydrogens is 561 g/mol. The fourth-order valence-electron chi connectivity index (χ4n) is 2.65. The van der Waals surface area contributed by atoms with Gasteiger partial charge in [-0.2, -0.15) is 13.2 Å². The molecule has 34 heavy (non-hydrogen) atoms. The zero-order valence-corrected chi connectivity index (χ0v) is 20.4. The third-order valence-corrected chi connectivity index (χ3v) is 7.82. The molecule has 1 amide bonds. The highest BCUT2D eigenvalue weighted by Crippen LogP contribution is 2.30. The van der Waals surface area contributed by atoms with Crippen LogP contribution in [-0.2, 0) is 25.7 Å². The number of nitrogens with one attached hydrogen (secondary N) is 2. The van der Waals surface area contributed by atoms with E-state index in [1.54, 1.807) is 6.07 Å². The third-order valence-electron chi connectivity index (χ3n) is 4.34. The molecule has 1 aromatic heterocycles. The van der Waals surface area contributed by atoms with E-state index in [-0.39, 0.29) is 21.1 Å².